The van der Waals surface area contributed by atoms with Gasteiger partial charge in [0, 0.05) is 29.3 Å². The Balaban J connectivity index is 1.30. The Morgan fingerprint density at radius 3 is 2.36 bits per heavy atom. The first-order valence-corrected chi connectivity index (χ1v) is 17.9. The van der Waals surface area contributed by atoms with Crippen LogP contribution in [0.1, 0.15) is 58.5 Å². The number of methoxy groups -OCH3 is 3. The van der Waals surface area contributed by atoms with Crippen LogP contribution < -0.4 is 25.3 Å². The summed E-state index contributed by atoms with van der Waals surface area (Å²) in [6, 6.07) is 24.9. The maximum atomic E-state index is 13.9. The molecule has 0 aliphatic heterocycles. The molecule has 3 heterocycles. The van der Waals surface area contributed by atoms with Crippen LogP contribution in [0, 0.1) is 6.92 Å². The van der Waals surface area contributed by atoms with Crippen molar-refractivity contribution in [2.45, 2.75) is 52.4 Å². The van der Waals surface area contributed by atoms with E-state index in [1.54, 1.807) is 45.2 Å². The molecule has 6 aromatic rings. The fourth-order valence-corrected chi connectivity index (χ4v) is 6.01. The summed E-state index contributed by atoms with van der Waals surface area (Å²) in [7, 11) is 4.79. The number of amides is 1. The Hall–Kier alpha value is -6.70. The topological polar surface area (TPSA) is 166 Å². The second kappa shape index (κ2) is 16.1. The number of benzene rings is 3. The molecule has 1 aliphatic carbocycles. The Labute approximate surface area is 318 Å². The standard InChI is InChI=1S/C41H43N9O5/c1-25-19-33-34(22-43-25)50(47-36(33)40(51)44-21-29-13-18-32(53-4)20-35(29)54-5)41-46-39(49(48-41)23-27-11-16-31(52-3)17-12-27)37(45-30-14-15-30)38(26(2)42)55-24-28-9-7-6-8-10-28/h6-13,16-20,22,30H,14-15,21,23-24,42H2,1-5H3,(H,44,51)/b38-26+,45-37?. The van der Waals surface area contributed by atoms with E-state index in [0.29, 0.717) is 51.9 Å². The third kappa shape index (κ3) is 8.28. The van der Waals surface area contributed by atoms with Crippen LogP contribution in [0.5, 0.6) is 17.2 Å². The lowest BCUT2D eigenvalue weighted by Gasteiger charge is -2.15. The first-order valence-electron chi connectivity index (χ1n) is 17.9. The first kappa shape index (κ1) is 36.6. The Morgan fingerprint density at radius 2 is 1.67 bits per heavy atom. The van der Waals surface area contributed by atoms with Crippen molar-refractivity contribution in [3.8, 4) is 23.2 Å². The van der Waals surface area contributed by atoms with Crippen molar-refractivity contribution in [3.05, 3.63) is 130 Å². The lowest BCUT2D eigenvalue weighted by atomic mass is 10.1. The van der Waals surface area contributed by atoms with E-state index in [1.165, 1.54) is 4.68 Å². The third-order valence-electron chi connectivity index (χ3n) is 9.06. The summed E-state index contributed by atoms with van der Waals surface area (Å²) in [6.07, 6.45) is 3.55. The second-order valence-electron chi connectivity index (χ2n) is 13.2. The van der Waals surface area contributed by atoms with Gasteiger partial charge in [0.05, 0.1) is 51.3 Å². The van der Waals surface area contributed by atoms with Crippen LogP contribution >= 0.6 is 0 Å². The highest BCUT2D eigenvalue weighted by molar-refractivity contribution is 6.10. The second-order valence-corrected chi connectivity index (χ2v) is 13.2. The lowest BCUT2D eigenvalue weighted by Crippen LogP contribution is -2.24. The van der Waals surface area contributed by atoms with Crippen LogP contribution in [-0.2, 0) is 24.4 Å². The van der Waals surface area contributed by atoms with Crippen molar-refractivity contribution in [2.75, 3.05) is 21.3 Å². The van der Waals surface area contributed by atoms with Crippen LogP contribution in [0.4, 0.5) is 0 Å². The number of hydrogen-bond acceptors (Lipinski definition) is 11. The summed E-state index contributed by atoms with van der Waals surface area (Å²) in [5.41, 5.74) is 11.6. The van der Waals surface area contributed by atoms with Crippen LogP contribution in [0.3, 0.4) is 0 Å². The van der Waals surface area contributed by atoms with E-state index < -0.39 is 0 Å². The van der Waals surface area contributed by atoms with Gasteiger partial charge in [0.1, 0.15) is 29.6 Å². The summed E-state index contributed by atoms with van der Waals surface area (Å²) >= 11 is 0. The minimum absolute atomic E-state index is 0.0941. The number of nitrogens with zero attached hydrogens (tertiary/aromatic N) is 7. The molecule has 3 aromatic heterocycles. The van der Waals surface area contributed by atoms with E-state index in [1.807, 2.05) is 79.7 Å². The van der Waals surface area contributed by atoms with Gasteiger partial charge in [0.2, 0.25) is 0 Å². The van der Waals surface area contributed by atoms with E-state index >= 15 is 0 Å². The highest BCUT2D eigenvalue weighted by Gasteiger charge is 2.29. The summed E-state index contributed by atoms with van der Waals surface area (Å²) in [6.45, 7) is 4.46. The van der Waals surface area contributed by atoms with Crippen molar-refractivity contribution >= 4 is 22.5 Å². The van der Waals surface area contributed by atoms with E-state index in [0.717, 1.165) is 41.0 Å². The smallest absolute Gasteiger partial charge is 0.272 e. The number of ether oxygens (including phenoxy) is 4. The molecule has 0 spiro atoms. The average Bonchev–Trinajstić information content (AvgIpc) is 3.82. The predicted octanol–water partition coefficient (Wildman–Crippen LogP) is 5.68. The zero-order valence-corrected chi connectivity index (χ0v) is 31.4. The summed E-state index contributed by atoms with van der Waals surface area (Å²) in [5.74, 6) is 2.66. The fourth-order valence-electron chi connectivity index (χ4n) is 6.01. The van der Waals surface area contributed by atoms with Gasteiger partial charge in [-0.3, -0.25) is 14.8 Å². The van der Waals surface area contributed by atoms with Gasteiger partial charge in [-0.05, 0) is 68.1 Å². The molecule has 0 unspecified atom stereocenters. The van der Waals surface area contributed by atoms with Gasteiger partial charge in [-0.2, -0.15) is 14.8 Å². The minimum Gasteiger partial charge on any atom is -0.497 e. The molecule has 1 aliphatic rings. The third-order valence-corrected chi connectivity index (χ3v) is 9.06. The zero-order valence-electron chi connectivity index (χ0n) is 31.4. The number of fused-ring (bicyclic) bond motifs is 1. The van der Waals surface area contributed by atoms with Gasteiger partial charge in [0.15, 0.2) is 17.3 Å². The SMILES string of the molecule is COc1ccc(Cn2nc(-n3nc(C(=O)NCc4ccc(OC)cc4OC)c4cc(C)ncc43)nc2C(=NC2CC2)/C(OCc2ccccc2)=C(/C)N)cc1. The van der Waals surface area contributed by atoms with Gasteiger partial charge in [-0.1, -0.05) is 42.5 Å². The van der Waals surface area contributed by atoms with E-state index in [4.69, 9.17) is 44.9 Å². The van der Waals surface area contributed by atoms with Gasteiger partial charge in [-0.15, -0.1) is 5.10 Å². The summed E-state index contributed by atoms with van der Waals surface area (Å²) < 4.78 is 26.0. The van der Waals surface area contributed by atoms with E-state index in [-0.39, 0.29) is 36.7 Å². The highest BCUT2D eigenvalue weighted by atomic mass is 16.5. The number of pyridine rings is 1. The Kier molecular flexibility index (Phi) is 10.7. The molecule has 14 heteroatoms. The van der Waals surface area contributed by atoms with Crippen LogP contribution in [-0.4, -0.2) is 68.5 Å². The molecule has 1 amide bonds. The van der Waals surface area contributed by atoms with Crippen LogP contribution in [0.2, 0.25) is 0 Å². The number of hydrogen-bond donors (Lipinski definition) is 2. The number of aliphatic imine (C=N–C) groups is 1. The Bertz CT molecular complexity index is 2380. The summed E-state index contributed by atoms with van der Waals surface area (Å²) in [5, 5.41) is 13.4. The van der Waals surface area contributed by atoms with Crippen molar-refractivity contribution < 1.29 is 23.7 Å². The molecule has 1 saturated carbocycles. The molecule has 7 rings (SSSR count). The van der Waals surface area contributed by atoms with Gasteiger partial charge < -0.3 is 30.0 Å². The monoisotopic (exact) mass is 741 g/mol. The van der Waals surface area contributed by atoms with Crippen LogP contribution in [0.25, 0.3) is 16.9 Å². The number of aromatic nitrogens is 6. The normalized spacial score (nSPS) is 13.4. The van der Waals surface area contributed by atoms with Gasteiger partial charge in [0.25, 0.3) is 11.9 Å². The number of aryl methyl sites for hydroxylation is 1. The van der Waals surface area contributed by atoms with Gasteiger partial charge >= 0.3 is 0 Å². The average molecular weight is 742 g/mol. The van der Waals surface area contributed by atoms with Crippen molar-refractivity contribution in [2.24, 2.45) is 10.7 Å². The number of carbonyl (C=O) groups excluding carboxylic acids is 1. The van der Waals surface area contributed by atoms with Crippen molar-refractivity contribution in [1.29, 1.82) is 0 Å². The Morgan fingerprint density at radius 1 is 0.927 bits per heavy atom. The minimum atomic E-state index is -0.389. The highest BCUT2D eigenvalue weighted by Crippen LogP contribution is 2.29. The summed E-state index contributed by atoms with van der Waals surface area (Å²) in [4.78, 5) is 28.6. The lowest BCUT2D eigenvalue weighted by molar-refractivity contribution is 0.0947. The molecule has 0 radical (unpaired) electrons. The number of carbonyl (C=O) groups is 1. The van der Waals surface area contributed by atoms with E-state index in [9.17, 15) is 4.79 Å². The molecule has 0 saturated heterocycles. The fraction of sp³-hybridized carbons (Fsp3) is 0.268. The molecule has 14 nitrogen and oxygen atoms in total. The number of rotatable bonds is 15. The van der Waals surface area contributed by atoms with Crippen LogP contribution in [0.15, 0.2) is 102 Å². The molecule has 55 heavy (non-hydrogen) atoms. The molecule has 0 atom stereocenters. The number of allylic oxidation sites excluding steroid dienone is 2. The molecule has 1 fully saturated rings. The molecule has 282 valence electrons. The molecule has 3 aromatic carbocycles. The number of nitrogens with two attached hydrogens (primary N) is 1. The quantitative estimate of drug-likeness (QED) is 0.0988. The predicted molar refractivity (Wildman–Crippen MR) is 208 cm³/mol. The van der Waals surface area contributed by atoms with Crippen molar-refractivity contribution in [3.63, 3.8) is 0 Å². The molecular weight excluding hydrogens is 699 g/mol. The first-order chi connectivity index (χ1) is 26.7. The maximum Gasteiger partial charge on any atom is 0.272 e. The van der Waals surface area contributed by atoms with Gasteiger partial charge in [-0.25, -0.2) is 4.68 Å². The largest absolute Gasteiger partial charge is 0.497 e. The number of nitrogens with one attached hydrogen (secondary N) is 1. The molecular formula is C41H43N9O5. The maximum absolute atomic E-state index is 13.9. The molecule has 0 bridgehead atoms. The van der Waals surface area contributed by atoms with Crippen molar-refractivity contribution in [1.82, 2.24) is 34.8 Å². The van der Waals surface area contributed by atoms with E-state index in [2.05, 4.69) is 10.3 Å². The molecule has 3 N–H and O–H groups in total. The zero-order chi connectivity index (χ0) is 38.5.